The molecule has 0 spiro atoms. The molecular weight excluding hydrogens is 176 g/mol. The molecule has 0 fully saturated rings. The third-order valence-electron chi connectivity index (χ3n) is 1.99. The Morgan fingerprint density at radius 2 is 1.86 bits per heavy atom. The number of ether oxygens (including phenoxy) is 1. The first kappa shape index (κ1) is 8.75. The zero-order valence-electron chi connectivity index (χ0n) is 7.86. The molecule has 0 unspecified atom stereocenters. The van der Waals surface area contributed by atoms with E-state index in [1.165, 1.54) is 11.6 Å². The van der Waals surface area contributed by atoms with Gasteiger partial charge in [0.25, 0.3) is 0 Å². The van der Waals surface area contributed by atoms with E-state index in [0.29, 0.717) is 5.76 Å². The van der Waals surface area contributed by atoms with Gasteiger partial charge in [-0.1, -0.05) is 29.8 Å². The second-order valence-electron chi connectivity index (χ2n) is 3.21. The molecule has 1 aromatic carbocycles. The monoisotopic (exact) mass is 186 g/mol. The number of carbonyl (C=O) groups excluding carboxylic acids is 1. The van der Waals surface area contributed by atoms with E-state index in [0.717, 1.165) is 5.56 Å². The maximum absolute atomic E-state index is 10.7. The van der Waals surface area contributed by atoms with Gasteiger partial charge in [-0.05, 0) is 24.6 Å². The first-order chi connectivity index (χ1) is 6.74. The van der Waals surface area contributed by atoms with Gasteiger partial charge in [-0.25, -0.2) is 4.79 Å². The van der Waals surface area contributed by atoms with E-state index < -0.39 is 0 Å². The molecule has 0 saturated carbocycles. The van der Waals surface area contributed by atoms with Crippen LogP contribution < -0.4 is 0 Å². The molecule has 0 radical (unpaired) electrons. The minimum Gasteiger partial charge on any atom is -0.423 e. The van der Waals surface area contributed by atoms with E-state index in [9.17, 15) is 4.79 Å². The lowest BCUT2D eigenvalue weighted by atomic mass is 10.1. The number of aryl methyl sites for hydroxylation is 1. The van der Waals surface area contributed by atoms with Crippen molar-refractivity contribution in [2.75, 3.05) is 0 Å². The highest BCUT2D eigenvalue weighted by Gasteiger charge is 2.08. The first-order valence-electron chi connectivity index (χ1n) is 4.42. The lowest BCUT2D eigenvalue weighted by molar-refractivity contribution is -0.132. The molecule has 0 bridgehead atoms. The van der Waals surface area contributed by atoms with E-state index in [4.69, 9.17) is 4.74 Å². The molecule has 2 rings (SSSR count). The Kier molecular flexibility index (Phi) is 2.19. The molecule has 1 heterocycles. The summed E-state index contributed by atoms with van der Waals surface area (Å²) in [6, 6.07) is 8.02. The largest absolute Gasteiger partial charge is 0.423 e. The van der Waals surface area contributed by atoms with Crippen LogP contribution in [-0.2, 0) is 9.53 Å². The summed E-state index contributed by atoms with van der Waals surface area (Å²) in [6.07, 6.45) is 4.92. The fourth-order valence-electron chi connectivity index (χ4n) is 1.24. The van der Waals surface area contributed by atoms with Crippen LogP contribution in [0.25, 0.3) is 6.08 Å². The van der Waals surface area contributed by atoms with Crippen molar-refractivity contribution in [1.29, 1.82) is 0 Å². The quantitative estimate of drug-likeness (QED) is 0.630. The summed E-state index contributed by atoms with van der Waals surface area (Å²) >= 11 is 0. The van der Waals surface area contributed by atoms with Gasteiger partial charge in [0.15, 0.2) is 0 Å². The summed E-state index contributed by atoms with van der Waals surface area (Å²) in [4.78, 5) is 10.7. The highest BCUT2D eigenvalue weighted by molar-refractivity contribution is 5.87. The van der Waals surface area contributed by atoms with Crippen molar-refractivity contribution in [3.63, 3.8) is 0 Å². The average molecular weight is 186 g/mol. The van der Waals surface area contributed by atoms with Gasteiger partial charge in [0.05, 0.1) is 0 Å². The van der Waals surface area contributed by atoms with E-state index in [1.807, 2.05) is 37.3 Å². The Hall–Kier alpha value is -1.83. The third kappa shape index (κ3) is 1.91. The SMILES string of the molecule is Cc1ccc(C=C2C=CC(=O)O2)cc1. The summed E-state index contributed by atoms with van der Waals surface area (Å²) in [7, 11) is 0. The van der Waals surface area contributed by atoms with Gasteiger partial charge in [-0.3, -0.25) is 0 Å². The first-order valence-corrected chi connectivity index (χ1v) is 4.42. The zero-order valence-corrected chi connectivity index (χ0v) is 7.86. The molecule has 1 aromatic rings. The van der Waals surface area contributed by atoms with E-state index >= 15 is 0 Å². The topological polar surface area (TPSA) is 26.3 Å². The molecule has 0 amide bonds. The number of allylic oxidation sites excluding steroid dienone is 1. The van der Waals surface area contributed by atoms with Crippen LogP contribution in [0, 0.1) is 6.92 Å². The molecule has 0 aromatic heterocycles. The van der Waals surface area contributed by atoms with Crippen LogP contribution in [0.3, 0.4) is 0 Å². The number of benzene rings is 1. The Bertz CT molecular complexity index is 410. The fourth-order valence-corrected chi connectivity index (χ4v) is 1.24. The summed E-state index contributed by atoms with van der Waals surface area (Å²) in [5, 5.41) is 0. The lowest BCUT2D eigenvalue weighted by Crippen LogP contribution is -1.89. The number of carbonyl (C=O) groups is 1. The van der Waals surface area contributed by atoms with Gasteiger partial charge in [0, 0.05) is 6.08 Å². The van der Waals surface area contributed by atoms with Gasteiger partial charge >= 0.3 is 5.97 Å². The van der Waals surface area contributed by atoms with E-state index in [-0.39, 0.29) is 5.97 Å². The van der Waals surface area contributed by atoms with Crippen molar-refractivity contribution in [2.45, 2.75) is 6.92 Å². The standard InChI is InChI=1S/C12H10O2/c1-9-2-4-10(5-3-9)8-11-6-7-12(13)14-11/h2-8H,1H3. The van der Waals surface area contributed by atoms with E-state index in [1.54, 1.807) is 6.08 Å². The Morgan fingerprint density at radius 1 is 1.14 bits per heavy atom. The lowest BCUT2D eigenvalue weighted by Gasteiger charge is -1.97. The Morgan fingerprint density at radius 3 is 2.43 bits per heavy atom. The van der Waals surface area contributed by atoms with Crippen molar-refractivity contribution in [3.8, 4) is 0 Å². The van der Waals surface area contributed by atoms with Gasteiger partial charge in [-0.15, -0.1) is 0 Å². The predicted octanol–water partition coefficient (Wildman–Crippen LogP) is 2.45. The average Bonchev–Trinajstić information content (AvgIpc) is 2.56. The minimum atomic E-state index is -0.302. The smallest absolute Gasteiger partial charge is 0.336 e. The van der Waals surface area contributed by atoms with Crippen molar-refractivity contribution in [1.82, 2.24) is 0 Å². The van der Waals surface area contributed by atoms with Crippen molar-refractivity contribution in [3.05, 3.63) is 53.3 Å². The molecule has 2 heteroatoms. The van der Waals surface area contributed by atoms with Gasteiger partial charge in [-0.2, -0.15) is 0 Å². The number of esters is 1. The van der Waals surface area contributed by atoms with Crippen LogP contribution in [-0.4, -0.2) is 5.97 Å². The minimum absolute atomic E-state index is 0.302. The molecule has 1 aliphatic rings. The summed E-state index contributed by atoms with van der Waals surface area (Å²) in [6.45, 7) is 2.03. The second kappa shape index (κ2) is 3.50. The Labute approximate surface area is 82.5 Å². The van der Waals surface area contributed by atoms with E-state index in [2.05, 4.69) is 0 Å². The fraction of sp³-hybridized carbons (Fsp3) is 0.0833. The van der Waals surface area contributed by atoms with Crippen LogP contribution in [0.15, 0.2) is 42.2 Å². The van der Waals surface area contributed by atoms with Crippen LogP contribution >= 0.6 is 0 Å². The van der Waals surface area contributed by atoms with Crippen LogP contribution in [0.2, 0.25) is 0 Å². The van der Waals surface area contributed by atoms with Gasteiger partial charge in [0.2, 0.25) is 0 Å². The molecule has 0 saturated heterocycles. The summed E-state index contributed by atoms with van der Waals surface area (Å²) in [5.41, 5.74) is 2.25. The normalized spacial score (nSPS) is 17.5. The molecule has 14 heavy (non-hydrogen) atoms. The molecule has 0 atom stereocenters. The maximum atomic E-state index is 10.7. The predicted molar refractivity (Wildman–Crippen MR) is 54.4 cm³/mol. The molecule has 0 N–H and O–H groups in total. The number of hydrogen-bond donors (Lipinski definition) is 0. The van der Waals surface area contributed by atoms with Crippen LogP contribution in [0.1, 0.15) is 11.1 Å². The maximum Gasteiger partial charge on any atom is 0.336 e. The highest BCUT2D eigenvalue weighted by Crippen LogP contribution is 2.14. The van der Waals surface area contributed by atoms with Crippen molar-refractivity contribution >= 4 is 12.0 Å². The summed E-state index contributed by atoms with van der Waals surface area (Å²) < 4.78 is 4.91. The number of hydrogen-bond acceptors (Lipinski definition) is 2. The van der Waals surface area contributed by atoms with Gasteiger partial charge in [0.1, 0.15) is 5.76 Å². The van der Waals surface area contributed by atoms with Crippen molar-refractivity contribution < 1.29 is 9.53 Å². The molecule has 70 valence electrons. The summed E-state index contributed by atoms with van der Waals surface area (Å²) in [5.74, 6) is 0.294. The number of rotatable bonds is 1. The molecule has 0 aliphatic carbocycles. The number of cyclic esters (lactones) is 1. The molecule has 2 nitrogen and oxygen atoms in total. The van der Waals surface area contributed by atoms with Crippen molar-refractivity contribution in [2.24, 2.45) is 0 Å². The van der Waals surface area contributed by atoms with Crippen LogP contribution in [0.4, 0.5) is 0 Å². The Balaban J connectivity index is 2.22. The zero-order chi connectivity index (χ0) is 9.97. The molecule has 1 aliphatic heterocycles. The molecular formula is C12H10O2. The highest BCUT2D eigenvalue weighted by atomic mass is 16.5. The van der Waals surface area contributed by atoms with Crippen LogP contribution in [0.5, 0.6) is 0 Å². The third-order valence-corrected chi connectivity index (χ3v) is 1.99. The second-order valence-corrected chi connectivity index (χ2v) is 3.21. The van der Waals surface area contributed by atoms with Gasteiger partial charge < -0.3 is 4.74 Å².